The van der Waals surface area contributed by atoms with Gasteiger partial charge in [-0.05, 0) is 12.8 Å². The van der Waals surface area contributed by atoms with Crippen molar-refractivity contribution in [3.8, 4) is 0 Å². The Labute approximate surface area is 76.9 Å². The lowest BCUT2D eigenvalue weighted by atomic mass is 10.4. The van der Waals surface area contributed by atoms with Crippen molar-refractivity contribution < 1.29 is 14.9 Å². The van der Waals surface area contributed by atoms with Gasteiger partial charge in [0.05, 0.1) is 18.1 Å². The predicted molar refractivity (Wildman–Crippen MR) is 44.5 cm³/mol. The van der Waals surface area contributed by atoms with E-state index in [-0.39, 0.29) is 13.2 Å². The molecule has 1 N–H and O–H groups in total. The van der Waals surface area contributed by atoms with Crippen LogP contribution in [0, 0.1) is 5.21 Å². The maximum atomic E-state index is 11.1. The second-order valence-corrected chi connectivity index (χ2v) is 2.91. The van der Waals surface area contributed by atoms with Gasteiger partial charge in [0.1, 0.15) is 6.61 Å². The Hall–Kier alpha value is -1.04. The lowest BCUT2D eigenvalue weighted by molar-refractivity contribution is -0.707. The fraction of sp³-hybridized carbons (Fsp3) is 1.00. The summed E-state index contributed by atoms with van der Waals surface area (Å²) in [5.74, 6) is 0. The summed E-state index contributed by atoms with van der Waals surface area (Å²) >= 11 is 0. The quantitative estimate of drug-likeness (QED) is 0.292. The predicted octanol–water partition coefficient (Wildman–Crippen LogP) is 0.274. The fourth-order valence-electron chi connectivity index (χ4n) is 1.14. The molecule has 1 aliphatic heterocycles. The first-order valence-electron chi connectivity index (χ1n) is 4.50. The van der Waals surface area contributed by atoms with E-state index in [0.717, 1.165) is 25.9 Å². The van der Waals surface area contributed by atoms with Crippen LogP contribution in [-0.2, 0) is 4.84 Å². The average molecular weight is 189 g/mol. The van der Waals surface area contributed by atoms with Gasteiger partial charge < -0.3 is 15.2 Å². The molecule has 0 radical (unpaired) electrons. The third-order valence-corrected chi connectivity index (χ3v) is 1.85. The van der Waals surface area contributed by atoms with E-state index in [9.17, 15) is 5.21 Å². The first-order chi connectivity index (χ1) is 6.34. The molecule has 6 nitrogen and oxygen atoms in total. The topological polar surface area (TPSA) is 71.1 Å². The van der Waals surface area contributed by atoms with Crippen LogP contribution in [0.3, 0.4) is 0 Å². The van der Waals surface area contributed by atoms with E-state index < -0.39 is 0 Å². The Kier molecular flexibility index (Phi) is 4.31. The second kappa shape index (κ2) is 5.58. The molecule has 76 valence electrons. The summed E-state index contributed by atoms with van der Waals surface area (Å²) in [5.41, 5.74) is 0. The van der Waals surface area contributed by atoms with Crippen molar-refractivity contribution in [2.75, 3.05) is 26.3 Å². The zero-order chi connectivity index (χ0) is 9.52. The van der Waals surface area contributed by atoms with Gasteiger partial charge in [-0.3, -0.25) is 0 Å². The van der Waals surface area contributed by atoms with Crippen molar-refractivity contribution in [1.82, 2.24) is 5.01 Å². The summed E-state index contributed by atoms with van der Waals surface area (Å²) in [6.07, 6.45) is 2.56. The van der Waals surface area contributed by atoms with E-state index >= 15 is 0 Å². The zero-order valence-electron chi connectivity index (χ0n) is 7.56. The van der Waals surface area contributed by atoms with Crippen LogP contribution in [0.4, 0.5) is 0 Å². The highest BCUT2D eigenvalue weighted by Gasteiger charge is 2.18. The van der Waals surface area contributed by atoms with E-state index in [0.29, 0.717) is 11.4 Å². The van der Waals surface area contributed by atoms with Crippen LogP contribution in [0.15, 0.2) is 5.28 Å². The van der Waals surface area contributed by atoms with Gasteiger partial charge in [-0.25, -0.2) is 0 Å². The van der Waals surface area contributed by atoms with Gasteiger partial charge in [0.25, 0.3) is 0 Å². The maximum Gasteiger partial charge on any atom is 0.233 e. The molecule has 0 unspecified atom stereocenters. The molecule has 0 aromatic heterocycles. The van der Waals surface area contributed by atoms with Crippen molar-refractivity contribution in [2.45, 2.75) is 19.3 Å². The summed E-state index contributed by atoms with van der Waals surface area (Å²) in [6.45, 7) is 1.83. The smallest absolute Gasteiger partial charge is 0.233 e. The molecular formula is C7H15N3O3. The molecule has 0 atom stereocenters. The van der Waals surface area contributed by atoms with E-state index in [1.54, 1.807) is 5.01 Å². The number of aliphatic hydroxyl groups excluding tert-OH is 1. The van der Waals surface area contributed by atoms with Crippen LogP contribution < -0.4 is 0 Å². The highest BCUT2D eigenvalue weighted by Crippen LogP contribution is 2.07. The minimum Gasteiger partial charge on any atom is -0.569 e. The molecule has 0 aromatic carbocycles. The highest BCUT2D eigenvalue weighted by atomic mass is 16.7. The summed E-state index contributed by atoms with van der Waals surface area (Å²) in [4.78, 5) is 5.18. The first kappa shape index (κ1) is 10.0. The Morgan fingerprint density at radius 2 is 2.15 bits per heavy atom. The van der Waals surface area contributed by atoms with Gasteiger partial charge in [0.2, 0.25) is 5.28 Å². The summed E-state index contributed by atoms with van der Waals surface area (Å²) < 4.78 is 0. The number of aliphatic hydroxyl groups is 1. The summed E-state index contributed by atoms with van der Waals surface area (Å²) in [6, 6.07) is 0. The van der Waals surface area contributed by atoms with Crippen LogP contribution >= 0.6 is 0 Å². The number of hydrogen-bond acceptors (Lipinski definition) is 4. The lowest BCUT2D eigenvalue weighted by Gasteiger charge is -2.09. The van der Waals surface area contributed by atoms with Crippen LogP contribution in [0.1, 0.15) is 19.3 Å². The molecule has 1 aliphatic rings. The van der Waals surface area contributed by atoms with E-state index in [1.165, 1.54) is 0 Å². The fourth-order valence-corrected chi connectivity index (χ4v) is 1.14. The van der Waals surface area contributed by atoms with Gasteiger partial charge in [-0.2, -0.15) is 0 Å². The lowest BCUT2D eigenvalue weighted by Crippen LogP contribution is -2.27. The molecule has 1 rings (SSSR count). The third-order valence-electron chi connectivity index (χ3n) is 1.85. The van der Waals surface area contributed by atoms with E-state index in [2.05, 4.69) is 10.1 Å². The third kappa shape index (κ3) is 3.45. The Morgan fingerprint density at radius 3 is 2.77 bits per heavy atom. The van der Waals surface area contributed by atoms with Crippen LogP contribution in [-0.4, -0.2) is 41.4 Å². The number of nitrogens with zero attached hydrogens (tertiary/aromatic N) is 3. The molecule has 1 saturated heterocycles. The Bertz CT molecular complexity index is 168. The molecule has 0 aromatic rings. The molecule has 1 fully saturated rings. The molecule has 0 aliphatic carbocycles. The van der Waals surface area contributed by atoms with Crippen molar-refractivity contribution in [3.05, 3.63) is 5.21 Å². The normalized spacial score (nSPS) is 17.9. The van der Waals surface area contributed by atoms with E-state index in [1.807, 2.05) is 0 Å². The van der Waals surface area contributed by atoms with Crippen LogP contribution in [0.25, 0.3) is 0 Å². The van der Waals surface area contributed by atoms with Gasteiger partial charge in [0.15, 0.2) is 0 Å². The second-order valence-electron chi connectivity index (χ2n) is 2.91. The zero-order valence-corrected chi connectivity index (χ0v) is 7.56. The van der Waals surface area contributed by atoms with Crippen LogP contribution in [0.5, 0.6) is 0 Å². The standard InChI is InChI=1S/C7H15N3O3/c11-6-3-7-13-8-10(12)9-4-1-2-5-9/h11H,1-7H2/b10-8-. The SMILES string of the molecule is [O-]/[N+](=N\OCCCO)N1CCCC1. The Morgan fingerprint density at radius 1 is 1.46 bits per heavy atom. The summed E-state index contributed by atoms with van der Waals surface area (Å²) in [7, 11) is 0. The van der Waals surface area contributed by atoms with Gasteiger partial charge in [0, 0.05) is 13.0 Å². The maximum absolute atomic E-state index is 11.1. The van der Waals surface area contributed by atoms with Gasteiger partial charge in [-0.1, -0.05) is 0 Å². The Balaban J connectivity index is 2.16. The van der Waals surface area contributed by atoms with Gasteiger partial charge in [-0.15, -0.1) is 5.01 Å². The number of rotatable bonds is 5. The number of hydrogen-bond donors (Lipinski definition) is 1. The van der Waals surface area contributed by atoms with Crippen molar-refractivity contribution >= 4 is 0 Å². The monoisotopic (exact) mass is 189 g/mol. The minimum absolute atomic E-state index is 0.0537. The average Bonchev–Trinajstić information content (AvgIpc) is 2.65. The molecule has 13 heavy (non-hydrogen) atoms. The van der Waals surface area contributed by atoms with Crippen molar-refractivity contribution in [2.24, 2.45) is 5.28 Å². The summed E-state index contributed by atoms with van der Waals surface area (Å²) in [5, 5.41) is 24.4. The largest absolute Gasteiger partial charge is 0.569 e. The molecule has 0 saturated carbocycles. The number of hydrazine groups is 1. The molecular weight excluding hydrogens is 174 g/mol. The molecule has 6 heteroatoms. The molecule has 0 spiro atoms. The highest BCUT2D eigenvalue weighted by molar-refractivity contribution is 4.55. The molecule has 1 heterocycles. The first-order valence-corrected chi connectivity index (χ1v) is 4.50. The van der Waals surface area contributed by atoms with Crippen molar-refractivity contribution in [3.63, 3.8) is 0 Å². The van der Waals surface area contributed by atoms with Gasteiger partial charge >= 0.3 is 0 Å². The van der Waals surface area contributed by atoms with Crippen LogP contribution in [0.2, 0.25) is 0 Å². The molecule has 0 amide bonds. The van der Waals surface area contributed by atoms with Crippen molar-refractivity contribution in [1.29, 1.82) is 0 Å². The minimum atomic E-state index is 0.0537. The molecule has 0 bridgehead atoms. The van der Waals surface area contributed by atoms with E-state index in [4.69, 9.17) is 5.11 Å².